The van der Waals surface area contributed by atoms with E-state index in [1.165, 1.54) is 26.0 Å². The molecule has 0 aromatic carbocycles. The summed E-state index contributed by atoms with van der Waals surface area (Å²) in [7, 11) is 0. The van der Waals surface area contributed by atoms with Gasteiger partial charge in [0.15, 0.2) is 0 Å². The summed E-state index contributed by atoms with van der Waals surface area (Å²) < 4.78 is 11.2. The Morgan fingerprint density at radius 1 is 1.27 bits per heavy atom. The normalized spacial score (nSPS) is 50.2. The molecule has 0 unspecified atom stereocenters. The van der Waals surface area contributed by atoms with E-state index in [0.717, 1.165) is 0 Å². The van der Waals surface area contributed by atoms with Crippen LogP contribution in [0.3, 0.4) is 0 Å². The maximum Gasteiger partial charge on any atom is 0.309 e. The molecule has 0 amide bonds. The highest BCUT2D eigenvalue weighted by Gasteiger charge is 2.69. The van der Waals surface area contributed by atoms with Crippen LogP contribution in [0.15, 0.2) is 12.2 Å². The molecule has 26 heavy (non-hydrogen) atoms. The number of esters is 2. The minimum Gasteiger partial charge on any atom is -0.462 e. The third-order valence-electron chi connectivity index (χ3n) is 6.32. The maximum absolute atomic E-state index is 12.3. The number of ether oxygens (including phenoxy) is 2. The van der Waals surface area contributed by atoms with Gasteiger partial charge in [-0.1, -0.05) is 32.9 Å². The Morgan fingerprint density at radius 2 is 1.88 bits per heavy atom. The van der Waals surface area contributed by atoms with Crippen LogP contribution in [-0.2, 0) is 19.1 Å². The molecule has 3 rings (SSSR count). The van der Waals surface area contributed by atoms with Gasteiger partial charge in [0, 0.05) is 12.3 Å². The van der Waals surface area contributed by atoms with E-state index in [1.54, 1.807) is 20.8 Å². The van der Waals surface area contributed by atoms with Crippen molar-refractivity contribution in [3.05, 3.63) is 12.2 Å². The lowest BCUT2D eigenvalue weighted by molar-refractivity contribution is -0.191. The van der Waals surface area contributed by atoms with Gasteiger partial charge in [-0.3, -0.25) is 9.59 Å². The van der Waals surface area contributed by atoms with Gasteiger partial charge in [-0.15, -0.1) is 0 Å². The first kappa shape index (κ1) is 19.3. The molecule has 0 aromatic rings. The van der Waals surface area contributed by atoms with E-state index in [2.05, 4.69) is 0 Å². The molecule has 2 aliphatic carbocycles. The summed E-state index contributed by atoms with van der Waals surface area (Å²) in [5.41, 5.74) is -4.99. The van der Waals surface area contributed by atoms with Crippen molar-refractivity contribution in [2.24, 2.45) is 23.7 Å². The van der Waals surface area contributed by atoms with Gasteiger partial charge in [-0.05, 0) is 13.8 Å². The lowest BCUT2D eigenvalue weighted by Gasteiger charge is -2.44. The van der Waals surface area contributed by atoms with Crippen LogP contribution in [0, 0.1) is 23.7 Å². The predicted octanol–water partition coefficient (Wildman–Crippen LogP) is 0.555. The molecule has 1 saturated heterocycles. The van der Waals surface area contributed by atoms with E-state index in [4.69, 9.17) is 9.47 Å². The minimum atomic E-state index is -1.82. The van der Waals surface area contributed by atoms with Crippen molar-refractivity contribution in [1.29, 1.82) is 0 Å². The number of hydrogen-bond acceptors (Lipinski definition) is 7. The molecule has 1 aliphatic heterocycles. The fourth-order valence-electron chi connectivity index (χ4n) is 4.73. The number of aliphatic hydroxyl groups is 3. The fourth-order valence-corrected chi connectivity index (χ4v) is 4.73. The number of hydrogen-bond donors (Lipinski definition) is 3. The zero-order valence-corrected chi connectivity index (χ0v) is 15.8. The maximum atomic E-state index is 12.3. The lowest BCUT2D eigenvalue weighted by atomic mass is 9.70. The molecule has 0 bridgehead atoms. The van der Waals surface area contributed by atoms with Crippen LogP contribution in [0.4, 0.5) is 0 Å². The van der Waals surface area contributed by atoms with Gasteiger partial charge < -0.3 is 24.8 Å². The summed E-state index contributed by atoms with van der Waals surface area (Å²) in [5.74, 6) is -3.40. The molecule has 1 saturated carbocycles. The fraction of sp³-hybridized carbons (Fsp3) is 0.789. The second kappa shape index (κ2) is 5.78. The molecule has 0 aromatic heterocycles. The first-order valence-electron chi connectivity index (χ1n) is 9.10. The van der Waals surface area contributed by atoms with Gasteiger partial charge in [0.05, 0.1) is 29.0 Å². The molecule has 0 spiro atoms. The second-order valence-corrected chi connectivity index (χ2v) is 8.74. The quantitative estimate of drug-likeness (QED) is 0.482. The molecule has 8 atom stereocenters. The first-order chi connectivity index (χ1) is 11.8. The molecule has 0 radical (unpaired) electrons. The van der Waals surface area contributed by atoms with Crippen LogP contribution >= 0.6 is 0 Å². The third kappa shape index (κ3) is 2.60. The highest BCUT2D eigenvalue weighted by molar-refractivity contribution is 5.76. The van der Waals surface area contributed by atoms with E-state index >= 15 is 0 Å². The Labute approximate surface area is 153 Å². The first-order valence-corrected chi connectivity index (χ1v) is 9.10. The molecule has 2 fully saturated rings. The van der Waals surface area contributed by atoms with Crippen molar-refractivity contribution in [2.45, 2.75) is 70.1 Å². The summed E-state index contributed by atoms with van der Waals surface area (Å²) in [6.07, 6.45) is 1.04. The van der Waals surface area contributed by atoms with E-state index < -0.39 is 58.7 Å². The number of fused-ring (bicyclic) bond motifs is 3. The lowest BCUT2D eigenvalue weighted by Crippen LogP contribution is -2.60. The van der Waals surface area contributed by atoms with E-state index in [9.17, 15) is 24.9 Å². The zero-order chi connectivity index (χ0) is 19.7. The molecule has 3 aliphatic rings. The average molecular weight is 368 g/mol. The van der Waals surface area contributed by atoms with Gasteiger partial charge in [0.1, 0.15) is 17.8 Å². The molecule has 7 nitrogen and oxygen atoms in total. The van der Waals surface area contributed by atoms with Crippen LogP contribution in [0.1, 0.15) is 41.0 Å². The van der Waals surface area contributed by atoms with Crippen molar-refractivity contribution < 1.29 is 34.4 Å². The van der Waals surface area contributed by atoms with Crippen LogP contribution in [-0.4, -0.2) is 56.3 Å². The van der Waals surface area contributed by atoms with Crippen LogP contribution in [0.2, 0.25) is 0 Å². The summed E-state index contributed by atoms with van der Waals surface area (Å²) in [5, 5.41) is 33.2. The molecule has 7 heteroatoms. The Kier molecular flexibility index (Phi) is 4.29. The summed E-state index contributed by atoms with van der Waals surface area (Å²) in [6, 6.07) is 0. The molecule has 1 heterocycles. The molecular formula is C19H28O7. The second-order valence-electron chi connectivity index (χ2n) is 8.74. The smallest absolute Gasteiger partial charge is 0.309 e. The summed E-state index contributed by atoms with van der Waals surface area (Å²) in [4.78, 5) is 24.5. The summed E-state index contributed by atoms with van der Waals surface area (Å²) in [6.45, 7) is 8.04. The highest BCUT2D eigenvalue weighted by Crippen LogP contribution is 2.55. The van der Waals surface area contributed by atoms with E-state index in [1.807, 2.05) is 0 Å². The largest absolute Gasteiger partial charge is 0.462 e. The van der Waals surface area contributed by atoms with Crippen LogP contribution in [0.25, 0.3) is 0 Å². The molecule has 3 N–H and O–H groups in total. The number of carbonyl (C=O) groups is 2. The van der Waals surface area contributed by atoms with Gasteiger partial charge in [0.25, 0.3) is 0 Å². The summed E-state index contributed by atoms with van der Waals surface area (Å²) >= 11 is 0. The number of rotatable bonds is 2. The van der Waals surface area contributed by atoms with Crippen molar-refractivity contribution >= 4 is 11.9 Å². The Morgan fingerprint density at radius 3 is 2.46 bits per heavy atom. The molecule has 146 valence electrons. The monoisotopic (exact) mass is 368 g/mol. The van der Waals surface area contributed by atoms with Crippen molar-refractivity contribution in [3.63, 3.8) is 0 Å². The number of carbonyl (C=O) groups excluding carboxylic acids is 2. The van der Waals surface area contributed by atoms with E-state index in [0.29, 0.717) is 0 Å². The van der Waals surface area contributed by atoms with Crippen LogP contribution < -0.4 is 0 Å². The van der Waals surface area contributed by atoms with Gasteiger partial charge in [0.2, 0.25) is 0 Å². The highest BCUT2D eigenvalue weighted by atomic mass is 16.6. The minimum absolute atomic E-state index is 0.0684. The Balaban J connectivity index is 2.10. The van der Waals surface area contributed by atoms with Crippen molar-refractivity contribution in [3.8, 4) is 0 Å². The van der Waals surface area contributed by atoms with Crippen molar-refractivity contribution in [1.82, 2.24) is 0 Å². The van der Waals surface area contributed by atoms with Gasteiger partial charge >= 0.3 is 11.9 Å². The van der Waals surface area contributed by atoms with Gasteiger partial charge in [-0.25, -0.2) is 0 Å². The van der Waals surface area contributed by atoms with Crippen LogP contribution in [0.5, 0.6) is 0 Å². The third-order valence-corrected chi connectivity index (χ3v) is 6.32. The SMILES string of the molecule is CC(C)C(=O)O[C@H]1C[C@@](C)(O)[C@]2(O)C=C[C@@](C)(O)[C@@H]2[C@H]2OC(=O)[C@@H](C)[C@@H]21. The predicted molar refractivity (Wildman–Crippen MR) is 90.7 cm³/mol. The molecular weight excluding hydrogens is 340 g/mol. The Bertz CT molecular complexity index is 650. The van der Waals surface area contributed by atoms with Crippen molar-refractivity contribution in [2.75, 3.05) is 0 Å². The average Bonchev–Trinajstić information content (AvgIpc) is 2.89. The standard InChI is InChI=1S/C19H28O7/c1-9(2)15(20)25-11-8-18(5,23)19(24)7-6-17(4,22)14(19)13-12(11)10(3)16(21)26-13/h6-7,9-14,22-24H,8H2,1-5H3/t10-,11-,12+,13-,14-,17+,18+,19-/m0/s1. The topological polar surface area (TPSA) is 113 Å². The van der Waals surface area contributed by atoms with Gasteiger partial charge in [-0.2, -0.15) is 0 Å². The Hall–Kier alpha value is -1.44. The zero-order valence-electron chi connectivity index (χ0n) is 15.8. The van der Waals surface area contributed by atoms with E-state index in [-0.39, 0.29) is 12.3 Å².